The fourth-order valence-electron chi connectivity index (χ4n) is 1.62. The van der Waals surface area contributed by atoms with Crippen LogP contribution in [0, 0.1) is 10.1 Å². The monoisotopic (exact) mass is 341 g/mol. The van der Waals surface area contributed by atoms with Gasteiger partial charge in [-0.25, -0.2) is 0 Å². The second-order valence-corrected chi connectivity index (χ2v) is 5.95. The second-order valence-electron chi connectivity index (χ2n) is 3.85. The number of nitrogens with zero attached hydrogens (tertiary/aromatic N) is 2. The highest BCUT2D eigenvalue weighted by Gasteiger charge is 2.17. The summed E-state index contributed by atoms with van der Waals surface area (Å²) in [6.45, 7) is 2.67. The Labute approximate surface area is 123 Å². The molecule has 0 atom stereocenters. The molecule has 0 aromatic carbocycles. The molecule has 5 nitrogen and oxygen atoms in total. The third kappa shape index (κ3) is 3.30. The number of nitrogens with one attached hydrogen (secondary N) is 1. The fraction of sp³-hybridized carbons (Fsp3) is 0.250. The van der Waals surface area contributed by atoms with Crippen LogP contribution in [0.5, 0.6) is 0 Å². The Balaban J connectivity index is 2.17. The van der Waals surface area contributed by atoms with Gasteiger partial charge in [0.05, 0.1) is 9.40 Å². The van der Waals surface area contributed by atoms with Crippen molar-refractivity contribution in [1.82, 2.24) is 4.98 Å². The molecule has 0 saturated heterocycles. The molecule has 0 bridgehead atoms. The average Bonchev–Trinajstić information content (AvgIpc) is 2.85. The van der Waals surface area contributed by atoms with E-state index in [0.29, 0.717) is 16.7 Å². The number of halogens is 1. The molecule has 0 amide bonds. The molecule has 0 aliphatic heterocycles. The number of pyridine rings is 1. The lowest BCUT2D eigenvalue weighted by atomic mass is 10.3. The van der Waals surface area contributed by atoms with Gasteiger partial charge in [0.2, 0.25) is 0 Å². The van der Waals surface area contributed by atoms with Crippen LogP contribution in [0.15, 0.2) is 29.0 Å². The van der Waals surface area contributed by atoms with Crippen molar-refractivity contribution < 1.29 is 4.92 Å². The average molecular weight is 342 g/mol. The maximum atomic E-state index is 10.9. The predicted octanol–water partition coefficient (Wildman–Crippen LogP) is 3.99. The molecule has 0 unspecified atom stereocenters. The van der Waals surface area contributed by atoms with Gasteiger partial charge in [0.15, 0.2) is 0 Å². The van der Waals surface area contributed by atoms with Crippen LogP contribution in [-0.4, -0.2) is 9.91 Å². The van der Waals surface area contributed by atoms with Crippen LogP contribution in [0.4, 0.5) is 11.4 Å². The molecule has 0 saturated carbocycles. The number of aryl methyl sites for hydroxylation is 1. The molecule has 0 fully saturated rings. The third-order valence-corrected chi connectivity index (χ3v) is 4.41. The molecule has 0 aliphatic rings. The summed E-state index contributed by atoms with van der Waals surface area (Å²) in [6, 6.07) is 4.12. The van der Waals surface area contributed by atoms with Crippen molar-refractivity contribution in [3.05, 3.63) is 48.9 Å². The molecule has 7 heteroatoms. The number of anilines is 1. The second kappa shape index (κ2) is 6.12. The van der Waals surface area contributed by atoms with Gasteiger partial charge in [0.25, 0.3) is 0 Å². The van der Waals surface area contributed by atoms with E-state index >= 15 is 0 Å². The minimum atomic E-state index is -0.439. The van der Waals surface area contributed by atoms with E-state index in [-0.39, 0.29) is 5.69 Å². The normalized spacial score (nSPS) is 10.4. The number of aromatic nitrogens is 1. The molecule has 19 heavy (non-hydrogen) atoms. The van der Waals surface area contributed by atoms with Gasteiger partial charge in [-0.2, -0.15) is 0 Å². The summed E-state index contributed by atoms with van der Waals surface area (Å²) in [5, 5.41) is 14.0. The number of thiophene rings is 1. The minimum absolute atomic E-state index is 0.0263. The number of hydrogen-bond acceptors (Lipinski definition) is 5. The molecular formula is C12H12BrN3O2S. The summed E-state index contributed by atoms with van der Waals surface area (Å²) >= 11 is 4.99. The lowest BCUT2D eigenvalue weighted by Crippen LogP contribution is -2.02. The molecule has 0 aliphatic carbocycles. The van der Waals surface area contributed by atoms with Gasteiger partial charge < -0.3 is 5.32 Å². The van der Waals surface area contributed by atoms with E-state index in [1.165, 1.54) is 11.1 Å². The molecule has 0 spiro atoms. The first-order valence-electron chi connectivity index (χ1n) is 5.71. The van der Waals surface area contributed by atoms with E-state index in [0.717, 1.165) is 11.3 Å². The van der Waals surface area contributed by atoms with E-state index < -0.39 is 4.92 Å². The quantitative estimate of drug-likeness (QED) is 0.659. The molecule has 100 valence electrons. The first-order valence-corrected chi connectivity index (χ1v) is 7.32. The lowest BCUT2D eigenvalue weighted by Gasteiger charge is -2.07. The Morgan fingerprint density at radius 1 is 1.42 bits per heavy atom. The topological polar surface area (TPSA) is 68.1 Å². The summed E-state index contributed by atoms with van der Waals surface area (Å²) in [5.74, 6) is 0. The maximum absolute atomic E-state index is 10.9. The predicted molar refractivity (Wildman–Crippen MR) is 79.6 cm³/mol. The number of hydrogen-bond donors (Lipinski definition) is 1. The van der Waals surface area contributed by atoms with E-state index in [2.05, 4.69) is 39.2 Å². The van der Waals surface area contributed by atoms with Crippen LogP contribution < -0.4 is 5.32 Å². The van der Waals surface area contributed by atoms with Gasteiger partial charge in [0.1, 0.15) is 11.9 Å². The molecule has 0 radical (unpaired) electrons. The lowest BCUT2D eigenvalue weighted by molar-refractivity contribution is -0.384. The van der Waals surface area contributed by atoms with Gasteiger partial charge in [-0.15, -0.1) is 11.3 Å². The highest BCUT2D eigenvalue weighted by molar-refractivity contribution is 9.10. The summed E-state index contributed by atoms with van der Waals surface area (Å²) in [5.41, 5.74) is 0.438. The SMILES string of the molecule is CCc1ccc(CNc2c(Br)cncc2[N+](=O)[O-])s1. The van der Waals surface area contributed by atoms with Crippen molar-refractivity contribution >= 4 is 38.6 Å². The zero-order valence-electron chi connectivity index (χ0n) is 10.2. The van der Waals surface area contributed by atoms with Crippen LogP contribution in [0.1, 0.15) is 16.7 Å². The molecule has 2 rings (SSSR count). The van der Waals surface area contributed by atoms with Gasteiger partial charge in [-0.3, -0.25) is 15.1 Å². The van der Waals surface area contributed by atoms with Gasteiger partial charge >= 0.3 is 5.69 Å². The van der Waals surface area contributed by atoms with Crippen LogP contribution in [0.25, 0.3) is 0 Å². The maximum Gasteiger partial charge on any atom is 0.311 e. The van der Waals surface area contributed by atoms with Crippen LogP contribution in [0.2, 0.25) is 0 Å². The Morgan fingerprint density at radius 3 is 2.79 bits per heavy atom. The summed E-state index contributed by atoms with van der Waals surface area (Å²) in [4.78, 5) is 16.8. The van der Waals surface area contributed by atoms with Crippen molar-refractivity contribution in [2.45, 2.75) is 19.9 Å². The number of rotatable bonds is 5. The fourth-order valence-corrected chi connectivity index (χ4v) is 2.98. The van der Waals surface area contributed by atoms with Crippen molar-refractivity contribution in [2.24, 2.45) is 0 Å². The zero-order chi connectivity index (χ0) is 13.8. The Morgan fingerprint density at radius 2 is 2.16 bits per heavy atom. The summed E-state index contributed by atoms with van der Waals surface area (Å²) in [7, 11) is 0. The van der Waals surface area contributed by atoms with E-state index in [1.807, 2.05) is 6.07 Å². The van der Waals surface area contributed by atoms with Gasteiger partial charge in [-0.1, -0.05) is 6.92 Å². The first-order chi connectivity index (χ1) is 9.11. The summed E-state index contributed by atoms with van der Waals surface area (Å²) in [6.07, 6.45) is 3.80. The first kappa shape index (κ1) is 14.0. The number of nitro groups is 1. The molecule has 1 N–H and O–H groups in total. The Bertz CT molecular complexity index is 600. The zero-order valence-corrected chi connectivity index (χ0v) is 12.6. The van der Waals surface area contributed by atoms with Crippen molar-refractivity contribution in [3.63, 3.8) is 0 Å². The molecular weight excluding hydrogens is 330 g/mol. The van der Waals surface area contributed by atoms with Crippen molar-refractivity contribution in [1.29, 1.82) is 0 Å². The summed E-state index contributed by atoms with van der Waals surface area (Å²) < 4.78 is 0.592. The standard InChI is InChI=1S/C12H12BrN3O2S/c1-2-8-3-4-9(19-8)5-15-12-10(13)6-14-7-11(12)16(17)18/h3-4,6-7H,2,5H2,1H3,(H,14,15). The van der Waals surface area contributed by atoms with Gasteiger partial charge in [-0.05, 0) is 34.5 Å². The van der Waals surface area contributed by atoms with E-state index in [1.54, 1.807) is 17.5 Å². The van der Waals surface area contributed by atoms with Crippen LogP contribution in [-0.2, 0) is 13.0 Å². The van der Waals surface area contributed by atoms with E-state index in [9.17, 15) is 10.1 Å². The highest BCUT2D eigenvalue weighted by atomic mass is 79.9. The van der Waals surface area contributed by atoms with Crippen molar-refractivity contribution in [3.8, 4) is 0 Å². The van der Waals surface area contributed by atoms with Crippen molar-refractivity contribution in [2.75, 3.05) is 5.32 Å². The minimum Gasteiger partial charge on any atom is -0.374 e. The largest absolute Gasteiger partial charge is 0.374 e. The van der Waals surface area contributed by atoms with Gasteiger partial charge in [0, 0.05) is 22.5 Å². The van der Waals surface area contributed by atoms with Crippen LogP contribution in [0.3, 0.4) is 0 Å². The third-order valence-electron chi connectivity index (χ3n) is 2.58. The van der Waals surface area contributed by atoms with Crippen LogP contribution >= 0.6 is 27.3 Å². The molecule has 2 aromatic rings. The Hall–Kier alpha value is -1.47. The highest BCUT2D eigenvalue weighted by Crippen LogP contribution is 2.31. The smallest absolute Gasteiger partial charge is 0.311 e. The molecule has 2 aromatic heterocycles. The Kier molecular flexibility index (Phi) is 4.49. The van der Waals surface area contributed by atoms with E-state index in [4.69, 9.17) is 0 Å². The molecule has 2 heterocycles.